The Labute approximate surface area is 195 Å². The van der Waals surface area contributed by atoms with Gasteiger partial charge < -0.3 is 10.1 Å². The average Bonchev–Trinajstić information content (AvgIpc) is 2.83. The van der Waals surface area contributed by atoms with Gasteiger partial charge in [-0.2, -0.15) is 0 Å². The van der Waals surface area contributed by atoms with Crippen LogP contribution >= 0.6 is 0 Å². The fourth-order valence-electron chi connectivity index (χ4n) is 3.90. The normalized spacial score (nSPS) is 16.4. The van der Waals surface area contributed by atoms with Crippen LogP contribution in [0.25, 0.3) is 0 Å². The van der Waals surface area contributed by atoms with Crippen molar-refractivity contribution in [3.8, 4) is 5.75 Å². The third-order valence-electron chi connectivity index (χ3n) is 5.80. The van der Waals surface area contributed by atoms with Gasteiger partial charge in [-0.3, -0.25) is 9.10 Å². The molecule has 0 unspecified atom stereocenters. The number of nitrogens with zero attached hydrogens (tertiary/aromatic N) is 1. The third kappa shape index (κ3) is 5.20. The lowest BCUT2D eigenvalue weighted by Gasteiger charge is -2.35. The minimum absolute atomic E-state index is 0.0838. The van der Waals surface area contributed by atoms with Crippen molar-refractivity contribution >= 4 is 21.6 Å². The summed E-state index contributed by atoms with van der Waals surface area (Å²) >= 11 is 0. The summed E-state index contributed by atoms with van der Waals surface area (Å²) < 4.78 is 33.9. The number of carbonyl (C=O) groups is 1. The number of ether oxygens (including phenoxy) is 1. The summed E-state index contributed by atoms with van der Waals surface area (Å²) in [5, 5.41) is 2.97. The van der Waals surface area contributed by atoms with E-state index in [0.717, 1.165) is 12.0 Å². The first-order valence-corrected chi connectivity index (χ1v) is 12.7. The van der Waals surface area contributed by atoms with E-state index in [4.69, 9.17) is 4.74 Å². The monoisotopic (exact) mass is 464 g/mol. The van der Waals surface area contributed by atoms with Crippen molar-refractivity contribution in [2.75, 3.05) is 10.8 Å². The van der Waals surface area contributed by atoms with E-state index in [1.807, 2.05) is 49.4 Å². The predicted octanol–water partition coefficient (Wildman–Crippen LogP) is 4.22. The largest absolute Gasteiger partial charge is 0.476 e. The minimum atomic E-state index is -3.73. The van der Waals surface area contributed by atoms with Crippen LogP contribution < -0.4 is 14.4 Å². The van der Waals surface area contributed by atoms with Crippen molar-refractivity contribution in [2.45, 2.75) is 38.2 Å². The molecule has 0 saturated heterocycles. The molecule has 1 N–H and O–H groups in total. The van der Waals surface area contributed by atoms with Gasteiger partial charge in [0.2, 0.25) is 10.0 Å². The Morgan fingerprint density at radius 1 is 1.00 bits per heavy atom. The van der Waals surface area contributed by atoms with Gasteiger partial charge in [-0.1, -0.05) is 73.7 Å². The maximum Gasteiger partial charge on any atom is 0.263 e. The standard InChI is InChI=1S/C26H28N2O4S/c1-3-20-13-15-22(16-14-20)19(2)27-26(29)25-17-28(23-11-7-8-12-24(23)32-25)33(30,31)18-21-9-5-4-6-10-21/h4-16,19,25H,3,17-18H2,1-2H3,(H,27,29)/t19-,25+/m1/s1. The number of benzene rings is 3. The maximum absolute atomic E-state index is 13.3. The molecule has 0 spiro atoms. The van der Waals surface area contributed by atoms with E-state index in [2.05, 4.69) is 12.2 Å². The fourth-order valence-corrected chi connectivity index (χ4v) is 5.48. The fraction of sp³-hybridized carbons (Fsp3) is 0.269. The van der Waals surface area contributed by atoms with Crippen molar-refractivity contribution in [3.63, 3.8) is 0 Å². The smallest absolute Gasteiger partial charge is 0.263 e. The average molecular weight is 465 g/mol. The van der Waals surface area contributed by atoms with Crippen molar-refractivity contribution in [1.29, 1.82) is 0 Å². The third-order valence-corrected chi connectivity index (χ3v) is 7.52. The number of hydrogen-bond donors (Lipinski definition) is 1. The Hall–Kier alpha value is -3.32. The summed E-state index contributed by atoms with van der Waals surface area (Å²) in [6, 6.07) is 23.8. The summed E-state index contributed by atoms with van der Waals surface area (Å²) in [6.07, 6.45) is -0.00768. The zero-order valence-corrected chi connectivity index (χ0v) is 19.6. The highest BCUT2D eigenvalue weighted by Gasteiger charge is 2.37. The second kappa shape index (κ2) is 9.67. The molecule has 1 amide bonds. The topological polar surface area (TPSA) is 75.7 Å². The van der Waals surface area contributed by atoms with E-state index in [-0.39, 0.29) is 24.2 Å². The molecule has 3 aromatic rings. The Morgan fingerprint density at radius 3 is 2.36 bits per heavy atom. The number of hydrogen-bond acceptors (Lipinski definition) is 4. The molecule has 0 aliphatic carbocycles. The van der Waals surface area contributed by atoms with Crippen molar-refractivity contribution in [3.05, 3.63) is 95.6 Å². The second-order valence-corrected chi connectivity index (χ2v) is 10.1. The molecule has 0 bridgehead atoms. The molecule has 6 nitrogen and oxygen atoms in total. The van der Waals surface area contributed by atoms with E-state index in [0.29, 0.717) is 17.0 Å². The highest BCUT2D eigenvalue weighted by atomic mass is 32.2. The van der Waals surface area contributed by atoms with Crippen LogP contribution in [0.2, 0.25) is 0 Å². The second-order valence-electron chi connectivity index (χ2n) is 8.17. The molecule has 3 aromatic carbocycles. The Kier molecular flexibility index (Phi) is 6.70. The number of rotatable bonds is 7. The van der Waals surface area contributed by atoms with E-state index in [1.54, 1.807) is 36.4 Å². The summed E-state index contributed by atoms with van der Waals surface area (Å²) in [4.78, 5) is 13.1. The highest BCUT2D eigenvalue weighted by Crippen LogP contribution is 2.36. The number of anilines is 1. The van der Waals surface area contributed by atoms with Gasteiger partial charge in [-0.25, -0.2) is 8.42 Å². The molecule has 2 atom stereocenters. The van der Waals surface area contributed by atoms with Crippen LogP contribution in [0.5, 0.6) is 5.75 Å². The molecular weight excluding hydrogens is 436 g/mol. The van der Waals surface area contributed by atoms with E-state index in [1.165, 1.54) is 9.87 Å². The Bertz CT molecular complexity index is 1210. The first kappa shape index (κ1) is 22.9. The number of fused-ring (bicyclic) bond motifs is 1. The molecule has 172 valence electrons. The van der Waals surface area contributed by atoms with Crippen LogP contribution in [0, 0.1) is 0 Å². The number of sulfonamides is 1. The molecule has 7 heteroatoms. The van der Waals surface area contributed by atoms with Crippen LogP contribution in [0.15, 0.2) is 78.9 Å². The summed E-state index contributed by atoms with van der Waals surface area (Å²) in [5.74, 6) is -0.131. The van der Waals surface area contributed by atoms with Crippen molar-refractivity contribution in [2.24, 2.45) is 0 Å². The predicted molar refractivity (Wildman–Crippen MR) is 130 cm³/mol. The Morgan fingerprint density at radius 2 is 1.67 bits per heavy atom. The maximum atomic E-state index is 13.3. The first-order valence-electron chi connectivity index (χ1n) is 11.1. The molecule has 0 aromatic heterocycles. The van der Waals surface area contributed by atoms with Crippen molar-refractivity contribution < 1.29 is 17.9 Å². The Balaban J connectivity index is 1.54. The van der Waals surface area contributed by atoms with Crippen LogP contribution in [0.3, 0.4) is 0 Å². The van der Waals surface area contributed by atoms with Gasteiger partial charge in [0.1, 0.15) is 5.75 Å². The lowest BCUT2D eigenvalue weighted by molar-refractivity contribution is -0.128. The van der Waals surface area contributed by atoms with Gasteiger partial charge >= 0.3 is 0 Å². The zero-order valence-electron chi connectivity index (χ0n) is 18.8. The summed E-state index contributed by atoms with van der Waals surface area (Å²) in [7, 11) is -3.73. The van der Waals surface area contributed by atoms with Crippen LogP contribution in [0.4, 0.5) is 5.69 Å². The molecule has 0 radical (unpaired) electrons. The van der Waals surface area contributed by atoms with E-state index >= 15 is 0 Å². The molecule has 1 aliphatic rings. The quantitative estimate of drug-likeness (QED) is 0.568. The highest BCUT2D eigenvalue weighted by molar-refractivity contribution is 7.92. The van der Waals surface area contributed by atoms with Crippen LogP contribution in [-0.2, 0) is 27.0 Å². The van der Waals surface area contributed by atoms with Gasteiger partial charge in [-0.05, 0) is 42.2 Å². The molecular formula is C26H28N2O4S. The number of nitrogens with one attached hydrogen (secondary N) is 1. The van der Waals surface area contributed by atoms with Gasteiger partial charge in [0.15, 0.2) is 6.10 Å². The molecule has 0 fully saturated rings. The minimum Gasteiger partial charge on any atom is -0.476 e. The molecule has 33 heavy (non-hydrogen) atoms. The van der Waals surface area contributed by atoms with Gasteiger partial charge in [0.05, 0.1) is 24.0 Å². The lowest BCUT2D eigenvalue weighted by Crippen LogP contribution is -2.51. The van der Waals surface area contributed by atoms with E-state index in [9.17, 15) is 13.2 Å². The van der Waals surface area contributed by atoms with E-state index < -0.39 is 16.1 Å². The lowest BCUT2D eigenvalue weighted by atomic mass is 10.0. The number of para-hydroxylation sites is 2. The summed E-state index contributed by atoms with van der Waals surface area (Å²) in [6.45, 7) is 3.91. The van der Waals surface area contributed by atoms with Gasteiger partial charge in [0.25, 0.3) is 5.91 Å². The SMILES string of the molecule is CCc1ccc([C@@H](C)NC(=O)[C@@H]2CN(S(=O)(=O)Cc3ccccc3)c3ccccc3O2)cc1. The first-order chi connectivity index (χ1) is 15.9. The number of amides is 1. The molecule has 1 aliphatic heterocycles. The molecule has 4 rings (SSSR count). The molecule has 1 heterocycles. The number of aryl methyl sites for hydroxylation is 1. The summed E-state index contributed by atoms with van der Waals surface area (Å²) in [5.41, 5.74) is 3.33. The van der Waals surface area contributed by atoms with Gasteiger partial charge in [-0.15, -0.1) is 0 Å². The molecule has 0 saturated carbocycles. The van der Waals surface area contributed by atoms with Gasteiger partial charge in [0, 0.05) is 0 Å². The number of carbonyl (C=O) groups excluding carboxylic acids is 1. The van der Waals surface area contributed by atoms with Crippen LogP contribution in [-0.4, -0.2) is 27.0 Å². The van der Waals surface area contributed by atoms with Crippen LogP contribution in [0.1, 0.15) is 36.6 Å². The zero-order chi connectivity index (χ0) is 23.4. The van der Waals surface area contributed by atoms with Crippen molar-refractivity contribution in [1.82, 2.24) is 5.32 Å².